The number of para-hydroxylation sites is 1. The van der Waals surface area contributed by atoms with Gasteiger partial charge in [-0.15, -0.1) is 0 Å². The molecule has 2 N–H and O–H groups in total. The third-order valence-electron chi connectivity index (χ3n) is 2.94. The van der Waals surface area contributed by atoms with Crippen LogP contribution in [0.15, 0.2) is 24.3 Å². The molecular formula is C14H16N4. The van der Waals surface area contributed by atoms with Crippen molar-refractivity contribution < 1.29 is 0 Å². The number of benzene rings is 1. The van der Waals surface area contributed by atoms with Crippen molar-refractivity contribution in [2.75, 3.05) is 5.73 Å². The number of hydrogen-bond acceptors (Lipinski definition) is 3. The molecule has 1 aromatic carbocycles. The highest BCUT2D eigenvalue weighted by Gasteiger charge is 2.16. The fourth-order valence-corrected chi connectivity index (χ4v) is 2.00. The fourth-order valence-electron chi connectivity index (χ4n) is 2.00. The molecule has 0 unspecified atom stereocenters. The summed E-state index contributed by atoms with van der Waals surface area (Å²) >= 11 is 0. The van der Waals surface area contributed by atoms with Crippen LogP contribution < -0.4 is 5.73 Å². The van der Waals surface area contributed by atoms with Crippen molar-refractivity contribution in [1.82, 2.24) is 9.78 Å². The minimum absolute atomic E-state index is 0.426. The van der Waals surface area contributed by atoms with Gasteiger partial charge in [0.05, 0.1) is 11.4 Å². The van der Waals surface area contributed by atoms with E-state index in [4.69, 9.17) is 5.73 Å². The van der Waals surface area contributed by atoms with Crippen LogP contribution in [0.2, 0.25) is 0 Å². The van der Waals surface area contributed by atoms with Gasteiger partial charge in [0.2, 0.25) is 0 Å². The van der Waals surface area contributed by atoms with Gasteiger partial charge in [-0.1, -0.05) is 31.5 Å². The summed E-state index contributed by atoms with van der Waals surface area (Å²) in [5.74, 6) is 0.426. The summed E-state index contributed by atoms with van der Waals surface area (Å²) in [7, 11) is 0. The van der Waals surface area contributed by atoms with Gasteiger partial charge in [0.25, 0.3) is 0 Å². The third-order valence-corrected chi connectivity index (χ3v) is 2.94. The minimum Gasteiger partial charge on any atom is -0.382 e. The van der Waals surface area contributed by atoms with Gasteiger partial charge in [-0.2, -0.15) is 10.4 Å². The van der Waals surface area contributed by atoms with Crippen LogP contribution >= 0.6 is 0 Å². The van der Waals surface area contributed by atoms with E-state index >= 15 is 0 Å². The maximum Gasteiger partial charge on any atom is 0.145 e. The molecule has 0 aliphatic carbocycles. The lowest BCUT2D eigenvalue weighted by Gasteiger charge is -2.06. The molecular weight excluding hydrogens is 224 g/mol. The molecule has 0 fully saturated rings. The van der Waals surface area contributed by atoms with E-state index in [-0.39, 0.29) is 0 Å². The van der Waals surface area contributed by atoms with Gasteiger partial charge in [-0.3, -0.25) is 0 Å². The van der Waals surface area contributed by atoms with Crippen LogP contribution in [0.25, 0.3) is 5.69 Å². The van der Waals surface area contributed by atoms with Crippen molar-refractivity contribution in [2.24, 2.45) is 0 Å². The predicted octanol–water partition coefficient (Wildman–Crippen LogP) is 2.59. The predicted molar refractivity (Wildman–Crippen MR) is 71.4 cm³/mol. The molecule has 0 amide bonds. The van der Waals surface area contributed by atoms with Crippen LogP contribution in [-0.2, 0) is 6.42 Å². The summed E-state index contributed by atoms with van der Waals surface area (Å²) in [4.78, 5) is 0. The summed E-state index contributed by atoms with van der Waals surface area (Å²) in [5, 5.41) is 13.6. The molecule has 0 spiro atoms. The molecule has 1 heterocycles. The molecule has 0 atom stereocenters. The zero-order valence-electron chi connectivity index (χ0n) is 10.6. The molecule has 18 heavy (non-hydrogen) atoms. The van der Waals surface area contributed by atoms with E-state index in [1.54, 1.807) is 4.68 Å². The monoisotopic (exact) mass is 240 g/mol. The second-order valence-electron chi connectivity index (χ2n) is 4.27. The largest absolute Gasteiger partial charge is 0.382 e. The van der Waals surface area contributed by atoms with Crippen molar-refractivity contribution >= 4 is 5.82 Å². The number of nitriles is 1. The Kier molecular flexibility index (Phi) is 3.33. The molecule has 2 aromatic rings. The molecule has 2 rings (SSSR count). The van der Waals surface area contributed by atoms with Crippen molar-refractivity contribution in [1.29, 1.82) is 5.26 Å². The molecule has 0 saturated heterocycles. The topological polar surface area (TPSA) is 67.6 Å². The number of rotatable bonds is 3. The average molecular weight is 240 g/mol. The summed E-state index contributed by atoms with van der Waals surface area (Å²) in [6.45, 7) is 4.06. The molecule has 0 aliphatic rings. The molecule has 0 bridgehead atoms. The Balaban J connectivity index is 2.60. The fraction of sp³-hybridized carbons (Fsp3) is 0.286. The van der Waals surface area contributed by atoms with Crippen molar-refractivity contribution in [3.63, 3.8) is 0 Å². The average Bonchev–Trinajstić information content (AvgIpc) is 2.67. The normalized spacial score (nSPS) is 10.3. The van der Waals surface area contributed by atoms with Gasteiger partial charge in [0.15, 0.2) is 0 Å². The van der Waals surface area contributed by atoms with E-state index < -0.39 is 0 Å². The van der Waals surface area contributed by atoms with E-state index in [1.807, 2.05) is 31.2 Å². The number of nitrogens with two attached hydrogens (primary N) is 1. The maximum absolute atomic E-state index is 9.17. The first-order valence-electron chi connectivity index (χ1n) is 6.02. The zero-order chi connectivity index (χ0) is 13.1. The van der Waals surface area contributed by atoms with Gasteiger partial charge in [0, 0.05) is 0 Å². The first-order chi connectivity index (χ1) is 8.69. The number of aryl methyl sites for hydroxylation is 2. The molecule has 92 valence electrons. The smallest absolute Gasteiger partial charge is 0.145 e. The second-order valence-corrected chi connectivity index (χ2v) is 4.27. The highest BCUT2D eigenvalue weighted by atomic mass is 15.3. The quantitative estimate of drug-likeness (QED) is 0.896. The first-order valence-corrected chi connectivity index (χ1v) is 6.02. The lowest BCUT2D eigenvalue weighted by atomic mass is 10.1. The van der Waals surface area contributed by atoms with Crippen molar-refractivity contribution in [3.05, 3.63) is 41.1 Å². The van der Waals surface area contributed by atoms with E-state index in [2.05, 4.69) is 18.1 Å². The molecule has 4 nitrogen and oxygen atoms in total. The zero-order valence-corrected chi connectivity index (χ0v) is 10.6. The summed E-state index contributed by atoms with van der Waals surface area (Å²) in [5.41, 5.74) is 9.31. The third kappa shape index (κ3) is 1.95. The molecule has 0 radical (unpaired) electrons. The number of aromatic nitrogens is 2. The number of nitrogen functional groups attached to an aromatic ring is 1. The second kappa shape index (κ2) is 4.92. The van der Waals surface area contributed by atoms with Gasteiger partial charge in [-0.25, -0.2) is 4.68 Å². The SMILES string of the molecule is CCCc1nn(-c2ccccc2C)c(N)c1C#N. The number of nitrogens with zero attached hydrogens (tertiary/aromatic N) is 3. The van der Waals surface area contributed by atoms with Crippen LogP contribution in [-0.4, -0.2) is 9.78 Å². The van der Waals surface area contributed by atoms with Gasteiger partial charge in [0.1, 0.15) is 17.5 Å². The Bertz CT molecular complexity index is 605. The van der Waals surface area contributed by atoms with E-state index in [1.165, 1.54) is 0 Å². The molecule has 4 heteroatoms. The highest BCUT2D eigenvalue weighted by molar-refractivity contribution is 5.57. The van der Waals surface area contributed by atoms with Crippen LogP contribution in [0, 0.1) is 18.3 Å². The minimum atomic E-state index is 0.426. The Morgan fingerprint density at radius 2 is 2.11 bits per heavy atom. The van der Waals surface area contributed by atoms with Gasteiger partial charge in [-0.05, 0) is 25.0 Å². The lowest BCUT2D eigenvalue weighted by molar-refractivity contribution is 0.807. The van der Waals surface area contributed by atoms with Crippen molar-refractivity contribution in [2.45, 2.75) is 26.7 Å². The number of anilines is 1. The maximum atomic E-state index is 9.17. The Labute approximate surface area is 107 Å². The summed E-state index contributed by atoms with van der Waals surface area (Å²) in [6, 6.07) is 10.0. The molecule has 0 aliphatic heterocycles. The van der Waals surface area contributed by atoms with Crippen LogP contribution in [0.1, 0.15) is 30.2 Å². The van der Waals surface area contributed by atoms with Crippen LogP contribution in [0.3, 0.4) is 0 Å². The van der Waals surface area contributed by atoms with Crippen LogP contribution in [0.4, 0.5) is 5.82 Å². The number of hydrogen-bond donors (Lipinski definition) is 1. The summed E-state index contributed by atoms with van der Waals surface area (Å²) in [6.07, 6.45) is 1.71. The Morgan fingerprint density at radius 1 is 1.39 bits per heavy atom. The Hall–Kier alpha value is -2.28. The van der Waals surface area contributed by atoms with Crippen LogP contribution in [0.5, 0.6) is 0 Å². The first kappa shape index (κ1) is 12.2. The van der Waals surface area contributed by atoms with Gasteiger partial charge < -0.3 is 5.73 Å². The van der Waals surface area contributed by atoms with Gasteiger partial charge >= 0.3 is 0 Å². The Morgan fingerprint density at radius 3 is 2.72 bits per heavy atom. The standard InChI is InChI=1S/C14H16N4/c1-3-6-12-11(9-15)14(16)18(17-12)13-8-5-4-7-10(13)2/h4-5,7-8H,3,6,16H2,1-2H3. The molecule has 0 saturated carbocycles. The van der Waals surface area contributed by atoms with E-state index in [9.17, 15) is 5.26 Å². The van der Waals surface area contributed by atoms with Crippen molar-refractivity contribution in [3.8, 4) is 11.8 Å². The lowest BCUT2D eigenvalue weighted by Crippen LogP contribution is -2.04. The van der Waals surface area contributed by atoms with E-state index in [0.717, 1.165) is 29.8 Å². The highest BCUT2D eigenvalue weighted by Crippen LogP contribution is 2.23. The molecule has 1 aromatic heterocycles. The van der Waals surface area contributed by atoms with E-state index in [0.29, 0.717) is 11.4 Å². The summed E-state index contributed by atoms with van der Waals surface area (Å²) < 4.78 is 1.67.